The van der Waals surface area contributed by atoms with Crippen LogP contribution in [0.1, 0.15) is 248 Å². The van der Waals surface area contributed by atoms with E-state index in [1.807, 2.05) is 61.5 Å². The van der Waals surface area contributed by atoms with Crippen molar-refractivity contribution in [3.05, 3.63) is 17.5 Å². The SMILES string of the molecule is C.C.C.C.C.CC(C)(C)C.CC(C)(C)C.CC(C)(C)C(=O)CS(C)(=O)=O.CC(C)(C)C1=NN=NC1.CC(C)(C)C1SC(=O)CC1=O.CC(C)(C)S(C)(=O)=O.CCC(=O)C(C)(C)C.Cc1cc(C(C)(C)C)on1. The van der Waals surface area contributed by atoms with Gasteiger partial charge in [-0.2, -0.15) is 5.11 Å². The maximum atomic E-state index is 11.2. The standard InChI is InChI=1S/C8H13NO.C8H12O2S.C7H14O3S.C7H14O.C6H11N3.C5H12O2S.2C5H12.5CH4/c1-6-5-7(10-9-6)8(2,3)4;1-8(2,3)7-5(9)4-6(10)11-7;1-7(2,3)6(8)5-11(4,9)10;1-5-6(8)7(2,3)4;1-6(2,3)5-4-7-9-8-5;1-5(2,3)8(4,6)7;2*1-5(2,3)4;;;;;/h5H,1-4H3;7H,4H2,1-3H3;5H2,1-4H3;5H2,1-4H3;4H2,1-3H3;1-4H3;2*1-4H3;5*1H4. The molecule has 72 heavy (non-hydrogen) atoms. The van der Waals surface area contributed by atoms with Crippen LogP contribution in [0.4, 0.5) is 0 Å². The molecule has 0 amide bonds. The Morgan fingerprint density at radius 2 is 0.986 bits per heavy atom. The molecule has 0 aromatic carbocycles. The molecule has 0 aliphatic carbocycles. The van der Waals surface area contributed by atoms with Gasteiger partial charge in [-0.3, -0.25) is 19.2 Å². The fraction of sp³-hybridized carbons (Fsp3) is 0.857. The normalized spacial score (nSPS) is 14.5. The maximum absolute atomic E-state index is 11.2. The predicted molar refractivity (Wildman–Crippen MR) is 319 cm³/mol. The molecule has 0 saturated carbocycles. The van der Waals surface area contributed by atoms with Crippen molar-refractivity contribution in [1.82, 2.24) is 5.16 Å². The molecule has 2 aliphatic heterocycles. The molecular formula is C56H120N4O9S3. The second-order valence-corrected chi connectivity index (χ2v) is 32.4. The molecule has 1 atom stereocenters. The molecular weight excluding hydrogens is 969 g/mol. The Bertz CT molecular complexity index is 1920. The first-order chi connectivity index (χ1) is 28.9. The minimum Gasteiger partial charge on any atom is -0.361 e. The molecule has 3 heterocycles. The highest BCUT2D eigenvalue weighted by molar-refractivity contribution is 8.15. The zero-order chi connectivity index (χ0) is 55.4. The summed E-state index contributed by atoms with van der Waals surface area (Å²) < 4.78 is 47.1. The van der Waals surface area contributed by atoms with Crippen molar-refractivity contribution in [1.29, 1.82) is 0 Å². The number of hydrogen-bond acceptors (Lipinski definition) is 14. The Hall–Kier alpha value is -2.59. The lowest BCUT2D eigenvalue weighted by molar-refractivity contribution is -0.126. The average Bonchev–Trinajstić information content (AvgIpc) is 3.79. The van der Waals surface area contributed by atoms with E-state index in [9.17, 15) is 36.0 Å². The number of carbonyl (C=O) groups excluding carboxylic acids is 4. The molecule has 0 spiro atoms. The summed E-state index contributed by atoms with van der Waals surface area (Å²) in [6.45, 7) is 56.6. The van der Waals surface area contributed by atoms with Gasteiger partial charge in [0.25, 0.3) is 0 Å². The Balaban J connectivity index is -0.0000000765. The van der Waals surface area contributed by atoms with E-state index in [0.717, 1.165) is 23.4 Å². The van der Waals surface area contributed by atoms with Gasteiger partial charge in [0.15, 0.2) is 36.4 Å². The van der Waals surface area contributed by atoms with Crippen LogP contribution in [0.5, 0.6) is 0 Å². The van der Waals surface area contributed by atoms with Gasteiger partial charge in [-0.1, -0.05) is 220 Å². The minimum absolute atomic E-state index is 0. The molecule has 16 heteroatoms. The summed E-state index contributed by atoms with van der Waals surface area (Å²) in [7, 11) is -6.00. The van der Waals surface area contributed by atoms with Crippen LogP contribution in [0.15, 0.2) is 26.0 Å². The third-order valence-corrected chi connectivity index (χ3v) is 12.5. The van der Waals surface area contributed by atoms with E-state index in [1.54, 1.807) is 41.5 Å². The molecule has 0 N–H and O–H groups in total. The number of nitrogens with zero attached hydrogens (tertiary/aromatic N) is 4. The van der Waals surface area contributed by atoms with Gasteiger partial charge in [0.2, 0.25) is 0 Å². The molecule has 436 valence electrons. The Labute approximate surface area is 452 Å². The Kier molecular flexibility index (Phi) is 46.5. The van der Waals surface area contributed by atoms with Gasteiger partial charge in [0.1, 0.15) is 23.8 Å². The summed E-state index contributed by atoms with van der Waals surface area (Å²) in [4.78, 5) is 44.0. The molecule has 0 radical (unpaired) electrons. The van der Waals surface area contributed by atoms with Crippen molar-refractivity contribution in [3.8, 4) is 0 Å². The van der Waals surface area contributed by atoms with Crippen LogP contribution in [0.2, 0.25) is 0 Å². The van der Waals surface area contributed by atoms with Gasteiger partial charge in [-0.25, -0.2) is 16.8 Å². The number of thioether (sulfide) groups is 1. The molecule has 3 rings (SSSR count). The first kappa shape index (κ1) is 92.0. The molecule has 2 aliphatic rings. The maximum Gasteiger partial charge on any atom is 0.197 e. The molecule has 1 saturated heterocycles. The summed E-state index contributed by atoms with van der Waals surface area (Å²) in [5, 5.41) is 14.9. The lowest BCUT2D eigenvalue weighted by Gasteiger charge is -2.23. The van der Waals surface area contributed by atoms with E-state index in [4.69, 9.17) is 4.52 Å². The minimum atomic E-state index is -3.16. The van der Waals surface area contributed by atoms with E-state index >= 15 is 0 Å². The van der Waals surface area contributed by atoms with Crippen LogP contribution in [-0.4, -0.2) is 85.0 Å². The number of sulfone groups is 2. The van der Waals surface area contributed by atoms with Crippen LogP contribution >= 0.6 is 11.8 Å². The fourth-order valence-corrected chi connectivity index (χ4v) is 5.40. The van der Waals surface area contributed by atoms with Crippen molar-refractivity contribution in [2.75, 3.05) is 24.8 Å². The van der Waals surface area contributed by atoms with E-state index in [-0.39, 0.29) is 92.9 Å². The highest BCUT2D eigenvalue weighted by atomic mass is 32.2. The quantitative estimate of drug-likeness (QED) is 0.261. The predicted octanol–water partition coefficient (Wildman–Crippen LogP) is 16.5. The first-order valence-corrected chi connectivity index (χ1v) is 27.7. The summed E-state index contributed by atoms with van der Waals surface area (Å²) in [5.74, 6) is 0.784. The molecule has 1 unspecified atom stereocenters. The topological polar surface area (TPSA) is 200 Å². The van der Waals surface area contributed by atoms with Gasteiger partial charge in [-0.05, 0) is 49.2 Å². The van der Waals surface area contributed by atoms with Gasteiger partial charge in [0.05, 0.1) is 27.8 Å². The lowest BCUT2D eigenvalue weighted by Crippen LogP contribution is -2.27. The smallest absolute Gasteiger partial charge is 0.197 e. The van der Waals surface area contributed by atoms with Gasteiger partial charge >= 0.3 is 0 Å². The molecule has 0 bridgehead atoms. The second-order valence-electron chi connectivity index (χ2n) is 26.3. The summed E-state index contributed by atoms with van der Waals surface area (Å²) in [6, 6.07) is 1.97. The summed E-state index contributed by atoms with van der Waals surface area (Å²) in [5.41, 5.74) is 2.49. The molecule has 1 fully saturated rings. The monoisotopic (exact) mass is 1090 g/mol. The van der Waals surface area contributed by atoms with Crippen molar-refractivity contribution in [3.63, 3.8) is 0 Å². The van der Waals surface area contributed by atoms with Crippen LogP contribution in [0.3, 0.4) is 0 Å². The van der Waals surface area contributed by atoms with Gasteiger partial charge in [0, 0.05) is 46.7 Å². The van der Waals surface area contributed by atoms with Crippen LogP contribution < -0.4 is 0 Å². The highest BCUT2D eigenvalue weighted by Crippen LogP contribution is 2.37. The van der Waals surface area contributed by atoms with E-state index in [0.29, 0.717) is 29.6 Å². The highest BCUT2D eigenvalue weighted by Gasteiger charge is 2.39. The number of Topliss-reactive ketones (excluding diaryl/α,β-unsaturated/α-hetero) is 3. The number of aromatic nitrogens is 1. The van der Waals surface area contributed by atoms with Crippen LogP contribution in [0, 0.1) is 39.4 Å². The fourth-order valence-electron chi connectivity index (χ4n) is 3.44. The molecule has 1 aromatic heterocycles. The number of rotatable bonds is 3. The molecule has 13 nitrogen and oxygen atoms in total. The van der Waals surface area contributed by atoms with Gasteiger partial charge in [-0.15, -0.1) is 5.10 Å². The Morgan fingerprint density at radius 1 is 0.639 bits per heavy atom. The first-order valence-electron chi connectivity index (χ1n) is 22.9. The summed E-state index contributed by atoms with van der Waals surface area (Å²) in [6.07, 6.45) is 3.10. The van der Waals surface area contributed by atoms with Gasteiger partial charge < -0.3 is 4.52 Å². The third kappa shape index (κ3) is 58.3. The zero-order valence-corrected chi connectivity index (χ0v) is 50.6. The Morgan fingerprint density at radius 3 is 1.08 bits per heavy atom. The van der Waals surface area contributed by atoms with E-state index in [2.05, 4.69) is 118 Å². The van der Waals surface area contributed by atoms with Crippen molar-refractivity contribution in [2.45, 2.75) is 259 Å². The lowest BCUT2D eigenvalue weighted by atomic mass is 9.89. The number of hydrogen-bond donors (Lipinski definition) is 0. The zero-order valence-electron chi connectivity index (χ0n) is 48.2. The second kappa shape index (κ2) is 36.4. The van der Waals surface area contributed by atoms with E-state index in [1.165, 1.54) is 18.0 Å². The average molecular weight is 1090 g/mol. The van der Waals surface area contributed by atoms with Crippen molar-refractivity contribution >= 4 is 59.6 Å². The molecule has 1 aromatic rings. The van der Waals surface area contributed by atoms with Crippen LogP contribution in [-0.2, 0) is 44.3 Å². The van der Waals surface area contributed by atoms with E-state index < -0.39 is 29.8 Å². The third-order valence-electron chi connectivity index (χ3n) is 7.83. The van der Waals surface area contributed by atoms with Crippen LogP contribution in [0.25, 0.3) is 0 Å². The number of ketones is 3. The van der Waals surface area contributed by atoms with Crippen molar-refractivity contribution < 1.29 is 40.5 Å². The largest absolute Gasteiger partial charge is 0.361 e. The summed E-state index contributed by atoms with van der Waals surface area (Å²) >= 11 is 1.19. The number of carbonyl (C=O) groups is 4. The van der Waals surface area contributed by atoms with Crippen molar-refractivity contribution in [2.24, 2.45) is 47.9 Å². The number of aryl methyl sites for hydroxylation is 1.